The fraction of sp³-hybridized carbons (Fsp3) is 0.364. The number of hydrogen-bond acceptors (Lipinski definition) is 4. The molecular weight excluding hydrogens is 276 g/mol. The SMILES string of the molecule is COc1ccc(C(=O)CBr)c2c1OCCO2. The highest BCUT2D eigenvalue weighted by Gasteiger charge is 2.23. The first-order valence-corrected chi connectivity index (χ1v) is 5.96. The number of carbonyl (C=O) groups excluding carboxylic acids is 1. The number of benzene rings is 1. The van der Waals surface area contributed by atoms with E-state index in [1.807, 2.05) is 0 Å². The average molecular weight is 287 g/mol. The van der Waals surface area contributed by atoms with Crippen LogP contribution in [-0.2, 0) is 0 Å². The van der Waals surface area contributed by atoms with Crippen molar-refractivity contribution in [2.75, 3.05) is 25.7 Å². The Labute approximate surface area is 102 Å². The van der Waals surface area contributed by atoms with Crippen LogP contribution < -0.4 is 14.2 Å². The molecule has 0 amide bonds. The van der Waals surface area contributed by atoms with Crippen molar-refractivity contribution in [3.63, 3.8) is 0 Å². The second kappa shape index (κ2) is 4.74. The topological polar surface area (TPSA) is 44.8 Å². The first-order chi connectivity index (χ1) is 7.77. The summed E-state index contributed by atoms with van der Waals surface area (Å²) in [7, 11) is 1.56. The Kier molecular flexibility index (Phi) is 3.33. The van der Waals surface area contributed by atoms with Gasteiger partial charge in [0.05, 0.1) is 18.0 Å². The van der Waals surface area contributed by atoms with Gasteiger partial charge in [-0.05, 0) is 12.1 Å². The van der Waals surface area contributed by atoms with Crippen molar-refractivity contribution in [1.29, 1.82) is 0 Å². The molecule has 0 aromatic heterocycles. The number of alkyl halides is 1. The van der Waals surface area contributed by atoms with Crippen LogP contribution in [0.15, 0.2) is 12.1 Å². The average Bonchev–Trinajstić information content (AvgIpc) is 2.36. The van der Waals surface area contributed by atoms with Crippen molar-refractivity contribution in [1.82, 2.24) is 0 Å². The minimum Gasteiger partial charge on any atom is -0.493 e. The van der Waals surface area contributed by atoms with Crippen LogP contribution in [0.25, 0.3) is 0 Å². The molecule has 0 bridgehead atoms. The van der Waals surface area contributed by atoms with Crippen molar-refractivity contribution < 1.29 is 19.0 Å². The molecule has 1 aliphatic rings. The maximum absolute atomic E-state index is 11.7. The summed E-state index contributed by atoms with van der Waals surface area (Å²) in [5.41, 5.74) is 0.521. The second-order valence-corrected chi connectivity index (χ2v) is 3.79. The third kappa shape index (κ3) is 1.87. The standard InChI is InChI=1S/C11H11BrO4/c1-14-9-3-2-7(8(13)6-12)10-11(9)16-5-4-15-10/h2-3H,4-6H2,1H3. The lowest BCUT2D eigenvalue weighted by molar-refractivity contribution is 0.101. The number of Topliss-reactive ketones (excluding diaryl/α,β-unsaturated/α-hetero) is 1. The van der Waals surface area contributed by atoms with E-state index >= 15 is 0 Å². The van der Waals surface area contributed by atoms with Gasteiger partial charge in [0.15, 0.2) is 17.3 Å². The molecule has 1 aliphatic heterocycles. The lowest BCUT2D eigenvalue weighted by Gasteiger charge is -2.22. The molecule has 0 saturated heterocycles. The monoisotopic (exact) mass is 286 g/mol. The molecule has 16 heavy (non-hydrogen) atoms. The summed E-state index contributed by atoms with van der Waals surface area (Å²) < 4.78 is 16.1. The molecular formula is C11H11BrO4. The second-order valence-electron chi connectivity index (χ2n) is 3.23. The molecule has 1 aromatic rings. The molecule has 1 aromatic carbocycles. The van der Waals surface area contributed by atoms with Gasteiger partial charge < -0.3 is 14.2 Å². The summed E-state index contributed by atoms with van der Waals surface area (Å²) in [6, 6.07) is 3.40. The number of halogens is 1. The number of ketones is 1. The number of ether oxygens (including phenoxy) is 3. The van der Waals surface area contributed by atoms with Crippen LogP contribution in [0.2, 0.25) is 0 Å². The highest BCUT2D eigenvalue weighted by molar-refractivity contribution is 9.09. The molecule has 0 saturated carbocycles. The normalized spacial score (nSPS) is 13.4. The number of methoxy groups -OCH3 is 1. The van der Waals surface area contributed by atoms with Crippen LogP contribution >= 0.6 is 15.9 Å². The largest absolute Gasteiger partial charge is 0.493 e. The zero-order valence-electron chi connectivity index (χ0n) is 8.79. The fourth-order valence-corrected chi connectivity index (χ4v) is 1.87. The Bertz CT molecular complexity index is 417. The van der Waals surface area contributed by atoms with Crippen molar-refractivity contribution in [3.8, 4) is 17.2 Å². The van der Waals surface area contributed by atoms with E-state index in [1.165, 1.54) is 0 Å². The smallest absolute Gasteiger partial charge is 0.204 e. The van der Waals surface area contributed by atoms with Crippen molar-refractivity contribution in [3.05, 3.63) is 17.7 Å². The van der Waals surface area contributed by atoms with Gasteiger partial charge in [-0.15, -0.1) is 0 Å². The lowest BCUT2D eigenvalue weighted by atomic mass is 10.1. The summed E-state index contributed by atoms with van der Waals surface area (Å²) in [6.07, 6.45) is 0. The summed E-state index contributed by atoms with van der Waals surface area (Å²) in [4.78, 5) is 11.7. The molecule has 0 atom stereocenters. The molecule has 0 N–H and O–H groups in total. The number of hydrogen-bond donors (Lipinski definition) is 0. The maximum atomic E-state index is 11.7. The van der Waals surface area contributed by atoms with Gasteiger partial charge >= 0.3 is 0 Å². The Morgan fingerprint density at radius 3 is 2.69 bits per heavy atom. The quantitative estimate of drug-likeness (QED) is 0.630. The van der Waals surface area contributed by atoms with E-state index in [0.717, 1.165) is 0 Å². The Balaban J connectivity index is 2.52. The Hall–Kier alpha value is -1.23. The van der Waals surface area contributed by atoms with E-state index in [4.69, 9.17) is 14.2 Å². The zero-order valence-corrected chi connectivity index (χ0v) is 10.4. The molecule has 0 aliphatic carbocycles. The van der Waals surface area contributed by atoms with Gasteiger partial charge in [-0.2, -0.15) is 0 Å². The van der Waals surface area contributed by atoms with E-state index in [2.05, 4.69) is 15.9 Å². The van der Waals surface area contributed by atoms with Gasteiger partial charge in [-0.25, -0.2) is 0 Å². The van der Waals surface area contributed by atoms with E-state index < -0.39 is 0 Å². The Morgan fingerprint density at radius 2 is 2.06 bits per heavy atom. The van der Waals surface area contributed by atoms with Gasteiger partial charge in [0, 0.05) is 0 Å². The molecule has 2 rings (SSSR count). The molecule has 1 heterocycles. The minimum atomic E-state index is -0.0376. The molecule has 4 nitrogen and oxygen atoms in total. The summed E-state index contributed by atoms with van der Waals surface area (Å²) in [6.45, 7) is 0.915. The van der Waals surface area contributed by atoms with Gasteiger partial charge in [0.1, 0.15) is 13.2 Å². The van der Waals surface area contributed by atoms with Gasteiger partial charge in [-0.3, -0.25) is 4.79 Å². The Morgan fingerprint density at radius 1 is 1.38 bits per heavy atom. The van der Waals surface area contributed by atoms with Gasteiger partial charge in [-0.1, -0.05) is 15.9 Å². The number of rotatable bonds is 3. The van der Waals surface area contributed by atoms with Crippen molar-refractivity contribution >= 4 is 21.7 Å². The van der Waals surface area contributed by atoms with E-state index in [0.29, 0.717) is 36.0 Å². The van der Waals surface area contributed by atoms with Crippen LogP contribution in [0.5, 0.6) is 17.2 Å². The van der Waals surface area contributed by atoms with Crippen LogP contribution in [0.3, 0.4) is 0 Å². The van der Waals surface area contributed by atoms with E-state index in [9.17, 15) is 4.79 Å². The highest BCUT2D eigenvalue weighted by atomic mass is 79.9. The van der Waals surface area contributed by atoms with Crippen molar-refractivity contribution in [2.45, 2.75) is 0 Å². The number of carbonyl (C=O) groups is 1. The summed E-state index contributed by atoms with van der Waals surface area (Å²) in [5.74, 6) is 1.54. The number of fused-ring (bicyclic) bond motifs is 1. The predicted octanol–water partition coefficient (Wildman–Crippen LogP) is 2.04. The molecule has 5 heteroatoms. The molecule has 0 unspecified atom stereocenters. The first-order valence-electron chi connectivity index (χ1n) is 4.83. The third-order valence-corrected chi connectivity index (χ3v) is 2.80. The fourth-order valence-electron chi connectivity index (χ4n) is 1.56. The third-order valence-electron chi connectivity index (χ3n) is 2.29. The molecule has 0 spiro atoms. The van der Waals surface area contributed by atoms with Crippen molar-refractivity contribution in [2.24, 2.45) is 0 Å². The van der Waals surface area contributed by atoms with Crippen LogP contribution in [0.1, 0.15) is 10.4 Å². The summed E-state index contributed by atoms with van der Waals surface area (Å²) >= 11 is 3.14. The predicted molar refractivity (Wildman–Crippen MR) is 62.1 cm³/mol. The molecule has 86 valence electrons. The van der Waals surface area contributed by atoms with Gasteiger partial charge in [0.25, 0.3) is 0 Å². The maximum Gasteiger partial charge on any atom is 0.204 e. The summed E-state index contributed by atoms with van der Waals surface area (Å²) in [5, 5.41) is 0.259. The minimum absolute atomic E-state index is 0.0376. The lowest BCUT2D eigenvalue weighted by Crippen LogP contribution is -2.18. The van der Waals surface area contributed by atoms with E-state index in [1.54, 1.807) is 19.2 Å². The molecule has 0 radical (unpaired) electrons. The first kappa shape index (κ1) is 11.3. The van der Waals surface area contributed by atoms with Crippen LogP contribution in [0.4, 0.5) is 0 Å². The van der Waals surface area contributed by atoms with Crippen LogP contribution in [-0.4, -0.2) is 31.4 Å². The molecule has 0 fully saturated rings. The highest BCUT2D eigenvalue weighted by Crippen LogP contribution is 2.42. The van der Waals surface area contributed by atoms with Crippen LogP contribution in [0, 0.1) is 0 Å². The van der Waals surface area contributed by atoms with E-state index in [-0.39, 0.29) is 11.1 Å². The zero-order chi connectivity index (χ0) is 11.5. The van der Waals surface area contributed by atoms with Gasteiger partial charge in [0.2, 0.25) is 5.75 Å².